The summed E-state index contributed by atoms with van der Waals surface area (Å²) in [6.07, 6.45) is 4.02. The van der Waals surface area contributed by atoms with Crippen LogP contribution >= 0.6 is 11.6 Å². The minimum atomic E-state index is -0.0162. The molecule has 1 aliphatic heterocycles. The molecule has 2 aromatic carbocycles. The fourth-order valence-electron chi connectivity index (χ4n) is 3.11. The third kappa shape index (κ3) is 1.97. The standard InChI is InChI=1S/C18H13ClN2O/c19-15-8-4-3-7-14(15)18(22)9-16-12-5-1-2-6-13(12)17-10-20-11-21(16)17/h1-8,10-11,16H,9H2. The molecule has 0 spiro atoms. The second-order valence-corrected chi connectivity index (χ2v) is 5.80. The van der Waals surface area contributed by atoms with E-state index in [2.05, 4.69) is 21.7 Å². The van der Waals surface area contributed by atoms with E-state index < -0.39 is 0 Å². The van der Waals surface area contributed by atoms with Gasteiger partial charge in [-0.1, -0.05) is 48.0 Å². The van der Waals surface area contributed by atoms with Crippen LogP contribution < -0.4 is 0 Å². The van der Waals surface area contributed by atoms with Gasteiger partial charge in [-0.2, -0.15) is 0 Å². The predicted octanol–water partition coefficient (Wildman–Crippen LogP) is 4.38. The number of ketones is 1. The number of fused-ring (bicyclic) bond motifs is 3. The van der Waals surface area contributed by atoms with Crippen LogP contribution in [0.3, 0.4) is 0 Å². The second-order valence-electron chi connectivity index (χ2n) is 5.40. The highest BCUT2D eigenvalue weighted by atomic mass is 35.5. The van der Waals surface area contributed by atoms with Crippen molar-refractivity contribution in [3.63, 3.8) is 0 Å². The van der Waals surface area contributed by atoms with Crippen molar-refractivity contribution in [3.8, 4) is 11.3 Å². The molecule has 0 N–H and O–H groups in total. The lowest BCUT2D eigenvalue weighted by Gasteiger charge is -2.14. The zero-order valence-corrected chi connectivity index (χ0v) is 12.5. The molecule has 0 saturated heterocycles. The molecular weight excluding hydrogens is 296 g/mol. The first-order valence-electron chi connectivity index (χ1n) is 7.14. The molecular formula is C18H13ClN2O. The number of hydrogen-bond donors (Lipinski definition) is 0. The van der Waals surface area contributed by atoms with E-state index in [1.807, 2.05) is 30.5 Å². The van der Waals surface area contributed by atoms with Crippen LogP contribution in [0.15, 0.2) is 61.1 Å². The molecule has 0 saturated carbocycles. The smallest absolute Gasteiger partial charge is 0.166 e. The molecule has 0 fully saturated rings. The van der Waals surface area contributed by atoms with Crippen LogP contribution in [-0.2, 0) is 0 Å². The van der Waals surface area contributed by atoms with Gasteiger partial charge in [0.15, 0.2) is 5.78 Å². The number of rotatable bonds is 3. The lowest BCUT2D eigenvalue weighted by molar-refractivity contribution is 0.0970. The first-order valence-corrected chi connectivity index (χ1v) is 7.52. The van der Waals surface area contributed by atoms with Crippen molar-refractivity contribution < 1.29 is 4.79 Å². The van der Waals surface area contributed by atoms with Crippen LogP contribution in [-0.4, -0.2) is 15.3 Å². The number of Topliss-reactive ketones (excluding diaryl/α,β-unsaturated/α-hetero) is 1. The molecule has 0 radical (unpaired) electrons. The van der Waals surface area contributed by atoms with Crippen LogP contribution in [0.5, 0.6) is 0 Å². The molecule has 0 amide bonds. The second kappa shape index (κ2) is 5.11. The van der Waals surface area contributed by atoms with Crippen molar-refractivity contribution >= 4 is 17.4 Å². The first-order chi connectivity index (χ1) is 10.8. The number of imidazole rings is 1. The van der Waals surface area contributed by atoms with Gasteiger partial charge in [-0.15, -0.1) is 0 Å². The van der Waals surface area contributed by atoms with E-state index in [4.69, 9.17) is 11.6 Å². The maximum Gasteiger partial charge on any atom is 0.166 e. The van der Waals surface area contributed by atoms with Gasteiger partial charge in [-0.25, -0.2) is 4.98 Å². The van der Waals surface area contributed by atoms with Crippen LogP contribution in [0, 0.1) is 0 Å². The quantitative estimate of drug-likeness (QED) is 0.673. The Bertz CT molecular complexity index is 869. The van der Waals surface area contributed by atoms with Crippen molar-refractivity contribution in [3.05, 3.63) is 77.2 Å². The topological polar surface area (TPSA) is 34.9 Å². The van der Waals surface area contributed by atoms with Crippen molar-refractivity contribution in [1.82, 2.24) is 9.55 Å². The van der Waals surface area contributed by atoms with Gasteiger partial charge in [-0.3, -0.25) is 4.79 Å². The van der Waals surface area contributed by atoms with Gasteiger partial charge >= 0.3 is 0 Å². The number of hydrogen-bond acceptors (Lipinski definition) is 2. The van der Waals surface area contributed by atoms with Gasteiger partial charge < -0.3 is 4.57 Å². The predicted molar refractivity (Wildman–Crippen MR) is 86.2 cm³/mol. The normalized spacial score (nSPS) is 15.4. The average Bonchev–Trinajstić information content (AvgIpc) is 3.11. The van der Waals surface area contributed by atoms with Gasteiger partial charge in [0.2, 0.25) is 0 Å². The van der Waals surface area contributed by atoms with E-state index in [1.165, 1.54) is 5.56 Å². The number of carbonyl (C=O) groups excluding carboxylic acids is 1. The minimum absolute atomic E-state index is 0.0162. The summed E-state index contributed by atoms with van der Waals surface area (Å²) in [5, 5.41) is 0.504. The molecule has 4 heteroatoms. The van der Waals surface area contributed by atoms with Crippen LogP contribution in [0.25, 0.3) is 11.3 Å². The molecule has 2 heterocycles. The van der Waals surface area contributed by atoms with E-state index in [9.17, 15) is 4.79 Å². The number of carbonyl (C=O) groups is 1. The summed E-state index contributed by atoms with van der Waals surface area (Å²) in [5.41, 5.74) is 3.96. The van der Waals surface area contributed by atoms with Gasteiger partial charge in [-0.05, 0) is 17.7 Å². The van der Waals surface area contributed by atoms with Gasteiger partial charge in [0.25, 0.3) is 0 Å². The Kier molecular flexibility index (Phi) is 3.09. The largest absolute Gasteiger partial charge is 0.322 e. The van der Waals surface area contributed by atoms with Crippen molar-refractivity contribution in [2.75, 3.05) is 0 Å². The summed E-state index contributed by atoms with van der Waals surface area (Å²) in [4.78, 5) is 16.9. The minimum Gasteiger partial charge on any atom is -0.322 e. The molecule has 0 aliphatic carbocycles. The Morgan fingerprint density at radius 2 is 1.91 bits per heavy atom. The van der Waals surface area contributed by atoms with E-state index in [-0.39, 0.29) is 11.8 Å². The van der Waals surface area contributed by atoms with E-state index in [1.54, 1.807) is 18.5 Å². The SMILES string of the molecule is O=C(CC1c2ccccc2-c2cncn21)c1ccccc1Cl. The molecule has 3 aromatic rings. The Balaban J connectivity index is 1.72. The third-order valence-corrected chi connectivity index (χ3v) is 4.48. The van der Waals surface area contributed by atoms with Gasteiger partial charge in [0.1, 0.15) is 0 Å². The first kappa shape index (κ1) is 13.3. The fourth-order valence-corrected chi connectivity index (χ4v) is 3.35. The molecule has 108 valence electrons. The Hall–Kier alpha value is -2.39. The summed E-state index contributed by atoms with van der Waals surface area (Å²) in [5.74, 6) is 0.0481. The highest BCUT2D eigenvalue weighted by Crippen LogP contribution is 2.41. The molecule has 1 aliphatic rings. The van der Waals surface area contributed by atoms with Crippen LogP contribution in [0.4, 0.5) is 0 Å². The zero-order chi connectivity index (χ0) is 15.1. The van der Waals surface area contributed by atoms with Crippen LogP contribution in [0.1, 0.15) is 28.4 Å². The van der Waals surface area contributed by atoms with Crippen molar-refractivity contribution in [2.24, 2.45) is 0 Å². The summed E-state index contributed by atoms with van der Waals surface area (Å²) in [6, 6.07) is 15.3. The summed E-state index contributed by atoms with van der Waals surface area (Å²) >= 11 is 6.14. The number of halogens is 1. The highest BCUT2D eigenvalue weighted by molar-refractivity contribution is 6.34. The maximum absolute atomic E-state index is 12.6. The summed E-state index contributed by atoms with van der Waals surface area (Å²) in [7, 11) is 0. The van der Waals surface area contributed by atoms with Crippen molar-refractivity contribution in [1.29, 1.82) is 0 Å². The Morgan fingerprint density at radius 1 is 1.14 bits per heavy atom. The zero-order valence-electron chi connectivity index (χ0n) is 11.7. The highest BCUT2D eigenvalue weighted by Gasteiger charge is 2.30. The number of benzene rings is 2. The van der Waals surface area contributed by atoms with Crippen molar-refractivity contribution in [2.45, 2.75) is 12.5 Å². The number of aromatic nitrogens is 2. The van der Waals surface area contributed by atoms with Crippen LogP contribution in [0.2, 0.25) is 5.02 Å². The average molecular weight is 309 g/mol. The van der Waals surface area contributed by atoms with Gasteiger partial charge in [0.05, 0.1) is 29.3 Å². The summed E-state index contributed by atoms with van der Waals surface area (Å²) < 4.78 is 2.07. The molecule has 22 heavy (non-hydrogen) atoms. The monoisotopic (exact) mass is 308 g/mol. The lowest BCUT2D eigenvalue weighted by Crippen LogP contribution is -2.12. The molecule has 1 unspecified atom stereocenters. The van der Waals surface area contributed by atoms with Gasteiger partial charge in [0, 0.05) is 17.5 Å². The Morgan fingerprint density at radius 3 is 2.77 bits per heavy atom. The van der Waals surface area contributed by atoms with E-state index in [0.29, 0.717) is 17.0 Å². The molecule has 1 atom stereocenters. The van der Waals surface area contributed by atoms with E-state index >= 15 is 0 Å². The van der Waals surface area contributed by atoms with E-state index in [0.717, 1.165) is 11.3 Å². The lowest BCUT2D eigenvalue weighted by atomic mass is 9.97. The molecule has 3 nitrogen and oxygen atoms in total. The third-order valence-electron chi connectivity index (χ3n) is 4.15. The Labute approximate surface area is 133 Å². The maximum atomic E-state index is 12.6. The molecule has 0 bridgehead atoms. The summed E-state index contributed by atoms with van der Waals surface area (Å²) in [6.45, 7) is 0. The molecule has 4 rings (SSSR count). The number of nitrogens with zero attached hydrogens (tertiary/aromatic N) is 2. The molecule has 1 aromatic heterocycles. The fraction of sp³-hybridized carbons (Fsp3) is 0.111.